The Kier molecular flexibility index (Phi) is 2.98. The molecule has 0 bridgehead atoms. The fourth-order valence-electron chi connectivity index (χ4n) is 0.281. The van der Waals surface area contributed by atoms with E-state index >= 15 is 0 Å². The molecule has 0 spiro atoms. The van der Waals surface area contributed by atoms with Crippen molar-refractivity contribution in [3.63, 3.8) is 0 Å². The van der Waals surface area contributed by atoms with Gasteiger partial charge in [-0.15, -0.1) is 13.0 Å². The predicted molar refractivity (Wildman–Crippen MR) is 34.2 cm³/mol. The van der Waals surface area contributed by atoms with Crippen LogP contribution in [0.2, 0.25) is 0 Å². The van der Waals surface area contributed by atoms with Crippen LogP contribution >= 0.6 is 0 Å². The van der Waals surface area contributed by atoms with Crippen LogP contribution in [0.5, 0.6) is 0 Å². The molecule has 0 saturated carbocycles. The molecule has 0 heterocycles. The Hall–Kier alpha value is -0.740. The largest absolute Gasteiger partial charge is 0.380 e. The average molecular weight is 110 g/mol. The molecule has 0 aromatic rings. The number of terminal acetylenes is 1. The van der Waals surface area contributed by atoms with Crippen molar-refractivity contribution in [1.29, 1.82) is 0 Å². The maximum Gasteiger partial charge on any atom is 0.120 e. The second-order valence-corrected chi connectivity index (χ2v) is 1.71. The first-order valence-electron chi connectivity index (χ1n) is 2.49. The Morgan fingerprint density at radius 2 is 2.38 bits per heavy atom. The van der Waals surface area contributed by atoms with Gasteiger partial charge in [-0.05, 0) is 0 Å². The van der Waals surface area contributed by atoms with Crippen LogP contribution in [-0.4, -0.2) is 11.2 Å². The van der Waals surface area contributed by atoms with Crippen LogP contribution in [0.1, 0.15) is 6.92 Å². The maximum absolute atomic E-state index is 8.82. The lowest BCUT2D eigenvalue weighted by Crippen LogP contribution is -2.11. The molecule has 0 aliphatic rings. The Balaban J connectivity index is 3.66. The SMILES string of the molecule is C#C[C@@H](O)[C@H](C)C=C. The third-order valence-corrected chi connectivity index (χ3v) is 1.04. The minimum atomic E-state index is -0.674. The minimum absolute atomic E-state index is 0.000000000000000222. The quantitative estimate of drug-likeness (QED) is 0.412. The highest BCUT2D eigenvalue weighted by Crippen LogP contribution is 2.00. The van der Waals surface area contributed by atoms with Crippen molar-refractivity contribution in [2.45, 2.75) is 13.0 Å². The van der Waals surface area contributed by atoms with E-state index in [2.05, 4.69) is 12.5 Å². The second-order valence-electron chi connectivity index (χ2n) is 1.71. The Morgan fingerprint density at radius 3 is 2.50 bits per heavy atom. The highest BCUT2D eigenvalue weighted by molar-refractivity contribution is 5.00. The Bertz CT molecular complexity index is 110. The summed E-state index contributed by atoms with van der Waals surface area (Å²) in [6, 6.07) is 0. The highest BCUT2D eigenvalue weighted by atomic mass is 16.3. The van der Waals surface area contributed by atoms with Gasteiger partial charge in [0.05, 0.1) is 0 Å². The van der Waals surface area contributed by atoms with E-state index in [4.69, 9.17) is 11.5 Å². The van der Waals surface area contributed by atoms with Crippen molar-refractivity contribution in [2.24, 2.45) is 5.92 Å². The zero-order valence-electron chi connectivity index (χ0n) is 4.96. The Morgan fingerprint density at radius 1 is 1.88 bits per heavy atom. The molecular formula is C7H10O. The topological polar surface area (TPSA) is 20.2 Å². The lowest BCUT2D eigenvalue weighted by atomic mass is 10.1. The van der Waals surface area contributed by atoms with Crippen molar-refractivity contribution >= 4 is 0 Å². The van der Waals surface area contributed by atoms with Crippen LogP contribution in [0.3, 0.4) is 0 Å². The summed E-state index contributed by atoms with van der Waals surface area (Å²) < 4.78 is 0. The molecule has 0 aromatic carbocycles. The molecule has 0 saturated heterocycles. The standard InChI is InChI=1S/C7H10O/c1-4-6(3)7(8)5-2/h2,4,6-8H,1H2,3H3/t6-,7-/m1/s1. The smallest absolute Gasteiger partial charge is 0.120 e. The lowest BCUT2D eigenvalue weighted by molar-refractivity contribution is 0.195. The number of hydrogen-bond donors (Lipinski definition) is 1. The molecular weight excluding hydrogens is 100 g/mol. The van der Waals surface area contributed by atoms with E-state index in [1.165, 1.54) is 0 Å². The zero-order chi connectivity index (χ0) is 6.57. The van der Waals surface area contributed by atoms with Crippen molar-refractivity contribution in [1.82, 2.24) is 0 Å². The van der Waals surface area contributed by atoms with Gasteiger partial charge in [-0.1, -0.05) is 18.9 Å². The van der Waals surface area contributed by atoms with Crippen LogP contribution < -0.4 is 0 Å². The van der Waals surface area contributed by atoms with Gasteiger partial charge >= 0.3 is 0 Å². The predicted octanol–water partition coefficient (Wildman–Crippen LogP) is 0.803. The summed E-state index contributed by atoms with van der Waals surface area (Å²) in [6.07, 6.45) is 5.86. The van der Waals surface area contributed by atoms with Crippen LogP contribution in [0.4, 0.5) is 0 Å². The van der Waals surface area contributed by atoms with E-state index in [1.807, 2.05) is 6.92 Å². The van der Waals surface area contributed by atoms with Crippen LogP contribution in [0, 0.1) is 18.3 Å². The number of rotatable bonds is 2. The number of aliphatic hydroxyl groups is 1. The molecule has 0 aromatic heterocycles. The second kappa shape index (κ2) is 3.29. The first kappa shape index (κ1) is 7.26. The molecule has 1 heteroatoms. The normalized spacial score (nSPS) is 16.1. The van der Waals surface area contributed by atoms with Crippen molar-refractivity contribution in [2.75, 3.05) is 0 Å². The third kappa shape index (κ3) is 1.81. The molecule has 0 amide bonds. The monoisotopic (exact) mass is 110 g/mol. The van der Waals surface area contributed by atoms with E-state index in [-0.39, 0.29) is 5.92 Å². The summed E-state index contributed by atoms with van der Waals surface area (Å²) in [6.45, 7) is 5.29. The molecule has 1 nitrogen and oxygen atoms in total. The number of aliphatic hydroxyl groups excluding tert-OH is 1. The summed E-state index contributed by atoms with van der Waals surface area (Å²) in [7, 11) is 0. The van der Waals surface area contributed by atoms with Crippen molar-refractivity contribution in [3.05, 3.63) is 12.7 Å². The van der Waals surface area contributed by atoms with E-state index < -0.39 is 6.10 Å². The van der Waals surface area contributed by atoms with E-state index in [0.717, 1.165) is 0 Å². The fourth-order valence-corrected chi connectivity index (χ4v) is 0.281. The van der Waals surface area contributed by atoms with Gasteiger partial charge in [0.25, 0.3) is 0 Å². The minimum Gasteiger partial charge on any atom is -0.380 e. The van der Waals surface area contributed by atoms with E-state index in [9.17, 15) is 0 Å². The van der Waals surface area contributed by atoms with E-state index in [1.54, 1.807) is 6.08 Å². The Labute approximate surface area is 50.0 Å². The van der Waals surface area contributed by atoms with Gasteiger partial charge in [0, 0.05) is 5.92 Å². The average Bonchev–Trinajstić information content (AvgIpc) is 1.84. The van der Waals surface area contributed by atoms with Crippen LogP contribution in [0.25, 0.3) is 0 Å². The van der Waals surface area contributed by atoms with Gasteiger partial charge in [0.15, 0.2) is 0 Å². The molecule has 0 fully saturated rings. The number of hydrogen-bond acceptors (Lipinski definition) is 1. The summed E-state index contributed by atoms with van der Waals surface area (Å²) in [5, 5.41) is 8.82. The molecule has 8 heavy (non-hydrogen) atoms. The molecule has 0 unspecified atom stereocenters. The zero-order valence-corrected chi connectivity index (χ0v) is 4.96. The lowest BCUT2D eigenvalue weighted by Gasteiger charge is -2.05. The molecule has 2 atom stereocenters. The molecule has 44 valence electrons. The molecule has 0 aliphatic carbocycles. The van der Waals surface area contributed by atoms with Gasteiger partial charge < -0.3 is 5.11 Å². The van der Waals surface area contributed by atoms with Gasteiger partial charge in [-0.2, -0.15) is 0 Å². The van der Waals surface area contributed by atoms with E-state index in [0.29, 0.717) is 0 Å². The first-order valence-corrected chi connectivity index (χ1v) is 2.49. The summed E-state index contributed by atoms with van der Waals surface area (Å²) in [4.78, 5) is 0. The summed E-state index contributed by atoms with van der Waals surface area (Å²) >= 11 is 0. The third-order valence-electron chi connectivity index (χ3n) is 1.04. The summed E-state index contributed by atoms with van der Waals surface area (Å²) in [5.41, 5.74) is 0. The highest BCUT2D eigenvalue weighted by Gasteiger charge is 2.04. The summed E-state index contributed by atoms with van der Waals surface area (Å²) in [5.74, 6) is 2.20. The van der Waals surface area contributed by atoms with Crippen LogP contribution in [-0.2, 0) is 0 Å². The van der Waals surface area contributed by atoms with Crippen molar-refractivity contribution in [3.8, 4) is 12.3 Å². The maximum atomic E-state index is 8.82. The van der Waals surface area contributed by atoms with Crippen molar-refractivity contribution < 1.29 is 5.11 Å². The molecule has 0 rings (SSSR count). The molecule has 0 aliphatic heterocycles. The van der Waals surface area contributed by atoms with Gasteiger partial charge in [-0.3, -0.25) is 0 Å². The first-order chi connectivity index (χ1) is 3.72. The fraction of sp³-hybridized carbons (Fsp3) is 0.429. The van der Waals surface area contributed by atoms with Gasteiger partial charge in [0.1, 0.15) is 6.10 Å². The van der Waals surface area contributed by atoms with Crippen LogP contribution in [0.15, 0.2) is 12.7 Å². The van der Waals surface area contributed by atoms with Gasteiger partial charge in [-0.25, -0.2) is 0 Å². The molecule has 0 radical (unpaired) electrons. The molecule has 1 N–H and O–H groups in total. The van der Waals surface area contributed by atoms with Gasteiger partial charge in [0.2, 0.25) is 0 Å².